The SMILES string of the molecule is C=C(C)c1cc2cc(Nc3nc(N4CCC(CC)CC4)ncc3Cl)ccc2n(C)c1=O. The maximum Gasteiger partial charge on any atom is 0.258 e. The van der Waals surface area contributed by atoms with Crippen LogP contribution in [-0.2, 0) is 7.05 Å². The maximum absolute atomic E-state index is 12.5. The molecule has 162 valence electrons. The molecule has 0 radical (unpaired) electrons. The molecule has 0 aliphatic carbocycles. The Morgan fingerprint density at radius 1 is 1.29 bits per heavy atom. The van der Waals surface area contributed by atoms with Crippen molar-refractivity contribution in [3.05, 3.63) is 58.0 Å². The van der Waals surface area contributed by atoms with Crippen molar-refractivity contribution in [1.82, 2.24) is 14.5 Å². The molecule has 4 rings (SSSR count). The van der Waals surface area contributed by atoms with E-state index in [1.54, 1.807) is 17.8 Å². The van der Waals surface area contributed by atoms with Gasteiger partial charge in [0.1, 0.15) is 5.02 Å². The van der Waals surface area contributed by atoms with E-state index in [4.69, 9.17) is 16.6 Å². The molecule has 7 heteroatoms. The number of hydrogen-bond donors (Lipinski definition) is 1. The topological polar surface area (TPSA) is 63.1 Å². The van der Waals surface area contributed by atoms with Crippen LogP contribution in [0.2, 0.25) is 5.02 Å². The smallest absolute Gasteiger partial charge is 0.258 e. The molecular formula is C24H28ClN5O. The Kier molecular flexibility index (Phi) is 6.01. The molecule has 0 bridgehead atoms. The van der Waals surface area contributed by atoms with Gasteiger partial charge in [0.05, 0.1) is 11.7 Å². The average molecular weight is 438 g/mol. The van der Waals surface area contributed by atoms with Crippen molar-refractivity contribution < 1.29 is 0 Å². The molecule has 1 aliphatic rings. The van der Waals surface area contributed by atoms with E-state index < -0.39 is 0 Å². The summed E-state index contributed by atoms with van der Waals surface area (Å²) in [5.41, 5.74) is 3.01. The summed E-state index contributed by atoms with van der Waals surface area (Å²) in [5, 5.41) is 4.74. The van der Waals surface area contributed by atoms with E-state index in [-0.39, 0.29) is 5.56 Å². The number of piperidine rings is 1. The van der Waals surface area contributed by atoms with Crippen molar-refractivity contribution in [3.8, 4) is 0 Å². The monoisotopic (exact) mass is 437 g/mol. The largest absolute Gasteiger partial charge is 0.341 e. The van der Waals surface area contributed by atoms with Gasteiger partial charge in [-0.2, -0.15) is 4.98 Å². The molecule has 0 unspecified atom stereocenters. The van der Waals surface area contributed by atoms with E-state index in [9.17, 15) is 4.79 Å². The fourth-order valence-electron chi connectivity index (χ4n) is 4.14. The quantitative estimate of drug-likeness (QED) is 0.580. The molecule has 1 aliphatic heterocycles. The summed E-state index contributed by atoms with van der Waals surface area (Å²) < 4.78 is 1.65. The van der Waals surface area contributed by atoms with Gasteiger partial charge in [-0.05, 0) is 55.5 Å². The molecule has 1 saturated heterocycles. The highest BCUT2D eigenvalue weighted by atomic mass is 35.5. The molecule has 31 heavy (non-hydrogen) atoms. The first kappa shape index (κ1) is 21.4. The summed E-state index contributed by atoms with van der Waals surface area (Å²) in [4.78, 5) is 23.9. The van der Waals surface area contributed by atoms with Crippen molar-refractivity contribution in [2.24, 2.45) is 13.0 Å². The van der Waals surface area contributed by atoms with Gasteiger partial charge in [0.2, 0.25) is 5.95 Å². The Balaban J connectivity index is 1.63. The van der Waals surface area contributed by atoms with Crippen LogP contribution in [0.3, 0.4) is 0 Å². The minimum Gasteiger partial charge on any atom is -0.341 e. The van der Waals surface area contributed by atoms with E-state index in [1.807, 2.05) is 31.2 Å². The number of hydrogen-bond acceptors (Lipinski definition) is 5. The summed E-state index contributed by atoms with van der Waals surface area (Å²) in [5.74, 6) is 2.07. The highest BCUT2D eigenvalue weighted by Gasteiger charge is 2.20. The number of pyridine rings is 1. The van der Waals surface area contributed by atoms with Gasteiger partial charge in [-0.15, -0.1) is 0 Å². The normalized spacial score (nSPS) is 14.8. The number of aryl methyl sites for hydroxylation is 1. The number of anilines is 3. The minimum absolute atomic E-state index is 0.0453. The molecule has 0 amide bonds. The van der Waals surface area contributed by atoms with Crippen LogP contribution in [-0.4, -0.2) is 27.6 Å². The Labute approximate surface area is 187 Å². The Hall–Kier alpha value is -2.86. The van der Waals surface area contributed by atoms with Crippen LogP contribution in [0, 0.1) is 5.92 Å². The molecule has 1 aromatic carbocycles. The number of benzene rings is 1. The van der Waals surface area contributed by atoms with Gasteiger partial charge in [-0.25, -0.2) is 4.98 Å². The highest BCUT2D eigenvalue weighted by molar-refractivity contribution is 6.32. The second-order valence-corrected chi connectivity index (χ2v) is 8.71. The van der Waals surface area contributed by atoms with Gasteiger partial charge < -0.3 is 14.8 Å². The van der Waals surface area contributed by atoms with Crippen LogP contribution in [0.4, 0.5) is 17.5 Å². The van der Waals surface area contributed by atoms with E-state index in [2.05, 4.69) is 28.7 Å². The van der Waals surface area contributed by atoms with E-state index >= 15 is 0 Å². The average Bonchev–Trinajstić information content (AvgIpc) is 2.77. The molecule has 0 spiro atoms. The zero-order valence-corrected chi connectivity index (χ0v) is 19.0. The molecule has 1 N–H and O–H groups in total. The zero-order chi connectivity index (χ0) is 22.1. The maximum atomic E-state index is 12.5. The lowest BCUT2D eigenvalue weighted by molar-refractivity contribution is 0.392. The van der Waals surface area contributed by atoms with Crippen molar-refractivity contribution in [2.45, 2.75) is 33.1 Å². The number of nitrogens with one attached hydrogen (secondary N) is 1. The third kappa shape index (κ3) is 4.30. The van der Waals surface area contributed by atoms with Crippen LogP contribution in [0.1, 0.15) is 38.7 Å². The first-order valence-corrected chi connectivity index (χ1v) is 11.1. The summed E-state index contributed by atoms with van der Waals surface area (Å²) in [6.07, 6.45) is 5.21. The second-order valence-electron chi connectivity index (χ2n) is 8.31. The fourth-order valence-corrected chi connectivity index (χ4v) is 4.28. The van der Waals surface area contributed by atoms with Gasteiger partial charge in [0, 0.05) is 36.8 Å². The van der Waals surface area contributed by atoms with E-state index in [0.29, 0.717) is 22.4 Å². The minimum atomic E-state index is -0.0453. The number of nitrogens with zero attached hydrogens (tertiary/aromatic N) is 4. The predicted octanol–water partition coefficient (Wildman–Crippen LogP) is 5.39. The third-order valence-corrected chi connectivity index (χ3v) is 6.43. The van der Waals surface area contributed by atoms with Crippen molar-refractivity contribution in [1.29, 1.82) is 0 Å². The summed E-state index contributed by atoms with van der Waals surface area (Å²) in [7, 11) is 1.78. The molecule has 1 fully saturated rings. The number of fused-ring (bicyclic) bond motifs is 1. The van der Waals surface area contributed by atoms with Crippen LogP contribution < -0.4 is 15.8 Å². The third-order valence-electron chi connectivity index (χ3n) is 6.15. The van der Waals surface area contributed by atoms with Crippen LogP contribution >= 0.6 is 11.6 Å². The predicted molar refractivity (Wildman–Crippen MR) is 129 cm³/mol. The van der Waals surface area contributed by atoms with Gasteiger partial charge in [-0.3, -0.25) is 4.79 Å². The Morgan fingerprint density at radius 2 is 2.03 bits per heavy atom. The lowest BCUT2D eigenvalue weighted by Crippen LogP contribution is -2.34. The molecule has 3 aromatic rings. The van der Waals surface area contributed by atoms with Gasteiger partial charge >= 0.3 is 0 Å². The van der Waals surface area contributed by atoms with Crippen molar-refractivity contribution in [2.75, 3.05) is 23.3 Å². The van der Waals surface area contributed by atoms with Crippen LogP contribution in [0.15, 0.2) is 41.8 Å². The highest BCUT2D eigenvalue weighted by Crippen LogP contribution is 2.29. The van der Waals surface area contributed by atoms with Crippen molar-refractivity contribution >= 4 is 45.5 Å². The summed E-state index contributed by atoms with van der Waals surface area (Å²) >= 11 is 6.40. The lowest BCUT2D eigenvalue weighted by Gasteiger charge is -2.31. The standard InChI is InChI=1S/C24H28ClN5O/c1-5-16-8-10-30(11-9-16)24-26-14-20(25)22(28-24)27-18-6-7-21-17(12-18)13-19(15(2)3)23(31)29(21)4/h6-7,12-14,16H,2,5,8-11H2,1,3-4H3,(H,26,27,28). The molecule has 0 atom stereocenters. The number of allylic oxidation sites excluding steroid dienone is 1. The second kappa shape index (κ2) is 8.71. The zero-order valence-electron chi connectivity index (χ0n) is 18.3. The van der Waals surface area contributed by atoms with E-state index in [1.165, 1.54) is 19.3 Å². The number of rotatable bonds is 5. The van der Waals surface area contributed by atoms with Crippen LogP contribution in [0.25, 0.3) is 16.5 Å². The summed E-state index contributed by atoms with van der Waals surface area (Å²) in [6.45, 7) is 9.96. The summed E-state index contributed by atoms with van der Waals surface area (Å²) in [6, 6.07) is 7.72. The molecule has 6 nitrogen and oxygen atoms in total. The first-order valence-electron chi connectivity index (χ1n) is 10.7. The Morgan fingerprint density at radius 3 is 2.71 bits per heavy atom. The Bertz CT molecular complexity index is 1190. The van der Waals surface area contributed by atoms with Gasteiger partial charge in [0.25, 0.3) is 5.56 Å². The van der Waals surface area contributed by atoms with E-state index in [0.717, 1.165) is 41.2 Å². The van der Waals surface area contributed by atoms with Gasteiger partial charge in [0.15, 0.2) is 5.82 Å². The number of halogens is 1. The fraction of sp³-hybridized carbons (Fsp3) is 0.375. The van der Waals surface area contributed by atoms with Gasteiger partial charge in [-0.1, -0.05) is 31.5 Å². The molecule has 2 aromatic heterocycles. The number of aromatic nitrogens is 3. The molecular weight excluding hydrogens is 410 g/mol. The molecule has 0 saturated carbocycles. The molecule has 3 heterocycles. The van der Waals surface area contributed by atoms with Crippen molar-refractivity contribution in [3.63, 3.8) is 0 Å². The first-order chi connectivity index (χ1) is 14.9. The van der Waals surface area contributed by atoms with Crippen LogP contribution in [0.5, 0.6) is 0 Å². The lowest BCUT2D eigenvalue weighted by atomic mass is 9.95.